The summed E-state index contributed by atoms with van der Waals surface area (Å²) in [6, 6.07) is 0. The molecule has 8 heteroatoms. The van der Waals surface area contributed by atoms with Crippen LogP contribution in [-0.4, -0.2) is 42.0 Å². The first-order valence-corrected chi connectivity index (χ1v) is 5.81. The van der Waals surface area contributed by atoms with Crippen LogP contribution in [0.15, 0.2) is 0 Å². The van der Waals surface area contributed by atoms with E-state index in [1.54, 1.807) is 13.8 Å². The molecule has 0 aliphatic carbocycles. The summed E-state index contributed by atoms with van der Waals surface area (Å²) >= 11 is 0. The van der Waals surface area contributed by atoms with Gasteiger partial charge in [0.15, 0.2) is 12.4 Å². The van der Waals surface area contributed by atoms with E-state index >= 15 is 0 Å². The maximum absolute atomic E-state index is 13.8. The summed E-state index contributed by atoms with van der Waals surface area (Å²) in [6.45, 7) is 2.43. The maximum atomic E-state index is 13.8. The van der Waals surface area contributed by atoms with Crippen molar-refractivity contribution in [3.8, 4) is 0 Å². The average Bonchev–Trinajstić information content (AvgIpc) is 2.32. The van der Waals surface area contributed by atoms with E-state index < -0.39 is 42.9 Å². The van der Waals surface area contributed by atoms with Crippen LogP contribution in [0, 0.1) is 5.92 Å². The molecule has 0 aromatic rings. The number of hydrogen-bond acceptors (Lipinski definition) is 5. The van der Waals surface area contributed by atoms with Crippen LogP contribution >= 0.6 is 0 Å². The summed E-state index contributed by atoms with van der Waals surface area (Å²) in [4.78, 5) is 11.4. The largest absolute Gasteiger partial charge is 0.462 e. The zero-order chi connectivity index (χ0) is 14.9. The molecule has 3 unspecified atom stereocenters. The highest BCUT2D eigenvalue weighted by atomic mass is 19.3. The number of rotatable bonds is 4. The molecule has 0 bridgehead atoms. The molecule has 0 saturated carbocycles. The van der Waals surface area contributed by atoms with Gasteiger partial charge in [0.1, 0.15) is 6.61 Å². The molecule has 1 N–H and O–H groups in total. The molecule has 19 heavy (non-hydrogen) atoms. The quantitative estimate of drug-likeness (QED) is 0.795. The zero-order valence-electron chi connectivity index (χ0n) is 10.9. The molecule has 112 valence electrons. The highest BCUT2D eigenvalue weighted by molar-refractivity contribution is 5.71. The van der Waals surface area contributed by atoms with Gasteiger partial charge in [-0.1, -0.05) is 13.8 Å². The smallest absolute Gasteiger partial charge is 0.419 e. The maximum Gasteiger partial charge on any atom is 0.419 e. The van der Waals surface area contributed by atoms with E-state index in [4.69, 9.17) is 4.74 Å². The second-order valence-electron chi connectivity index (χ2n) is 4.69. The van der Waals surface area contributed by atoms with Crippen LogP contribution in [0.25, 0.3) is 0 Å². The van der Waals surface area contributed by atoms with Crippen molar-refractivity contribution in [3.63, 3.8) is 0 Å². The lowest BCUT2D eigenvalue weighted by Gasteiger charge is -2.45. The molecule has 1 aliphatic rings. The third-order valence-electron chi connectivity index (χ3n) is 3.21. The molecule has 0 aromatic carbocycles. The molecule has 1 fully saturated rings. The van der Waals surface area contributed by atoms with Gasteiger partial charge >= 0.3 is 17.9 Å². The summed E-state index contributed by atoms with van der Waals surface area (Å²) in [5.74, 6) is -5.25. The summed E-state index contributed by atoms with van der Waals surface area (Å²) in [5, 5.41) is 9.27. The second kappa shape index (κ2) is 5.26. The van der Waals surface area contributed by atoms with Crippen LogP contribution in [0.2, 0.25) is 0 Å². The van der Waals surface area contributed by atoms with E-state index in [2.05, 4.69) is 9.47 Å². The van der Waals surface area contributed by atoms with E-state index in [-0.39, 0.29) is 0 Å². The number of ether oxygens (including phenoxy) is 3. The fourth-order valence-corrected chi connectivity index (χ4v) is 1.39. The number of alkyl halides is 3. The molecule has 5 nitrogen and oxygen atoms in total. The van der Waals surface area contributed by atoms with Crippen LogP contribution in [0.5, 0.6) is 0 Å². The fraction of sp³-hybridized carbons (Fsp3) is 0.909. The number of carbonyl (C=O) groups is 1. The SMILES string of the molecule is CCC(C)C(=O)OCC1(C)OCOC(F)(F)C1(O)F. The van der Waals surface area contributed by atoms with E-state index in [1.165, 1.54) is 0 Å². The van der Waals surface area contributed by atoms with Gasteiger partial charge in [0.05, 0.1) is 5.92 Å². The van der Waals surface area contributed by atoms with Gasteiger partial charge in [-0.3, -0.25) is 9.53 Å². The molecular formula is C11H17F3O5. The minimum absolute atomic E-state index is 0.461. The molecule has 0 amide bonds. The topological polar surface area (TPSA) is 65.0 Å². The molecule has 3 atom stereocenters. The van der Waals surface area contributed by atoms with Gasteiger partial charge in [-0.05, 0) is 13.3 Å². The van der Waals surface area contributed by atoms with Crippen molar-refractivity contribution in [3.05, 3.63) is 0 Å². The van der Waals surface area contributed by atoms with Crippen LogP contribution in [0.3, 0.4) is 0 Å². The van der Waals surface area contributed by atoms with Gasteiger partial charge in [0.25, 0.3) is 0 Å². The Hall–Kier alpha value is -0.860. The Kier molecular flexibility index (Phi) is 4.48. The molecule has 0 radical (unpaired) electrons. The predicted molar refractivity (Wildman–Crippen MR) is 56.9 cm³/mol. The normalized spacial score (nSPS) is 35.7. The second-order valence-corrected chi connectivity index (χ2v) is 4.69. The predicted octanol–water partition coefficient (Wildman–Crippen LogP) is 1.59. The first kappa shape index (κ1) is 16.2. The molecular weight excluding hydrogens is 269 g/mol. The summed E-state index contributed by atoms with van der Waals surface area (Å²) in [7, 11) is 0. The van der Waals surface area contributed by atoms with Crippen molar-refractivity contribution in [2.24, 2.45) is 5.92 Å². The Bertz CT molecular complexity index is 347. The molecule has 1 rings (SSSR count). The van der Waals surface area contributed by atoms with Crippen molar-refractivity contribution in [1.29, 1.82) is 0 Å². The molecule has 1 aliphatic heterocycles. The van der Waals surface area contributed by atoms with Gasteiger partial charge in [0, 0.05) is 0 Å². The lowest BCUT2D eigenvalue weighted by atomic mass is 9.95. The van der Waals surface area contributed by atoms with Crippen molar-refractivity contribution < 1.29 is 37.3 Å². The summed E-state index contributed by atoms with van der Waals surface area (Å²) in [5.41, 5.74) is -2.40. The minimum atomic E-state index is -4.44. The van der Waals surface area contributed by atoms with Crippen LogP contribution < -0.4 is 0 Å². The van der Waals surface area contributed by atoms with Crippen molar-refractivity contribution in [2.75, 3.05) is 13.4 Å². The number of hydrogen-bond donors (Lipinski definition) is 1. The van der Waals surface area contributed by atoms with Crippen LogP contribution in [-0.2, 0) is 19.0 Å². The van der Waals surface area contributed by atoms with E-state index in [0.717, 1.165) is 6.92 Å². The van der Waals surface area contributed by atoms with E-state index in [1.807, 2.05) is 0 Å². The minimum Gasteiger partial charge on any atom is -0.462 e. The van der Waals surface area contributed by atoms with Crippen LogP contribution in [0.4, 0.5) is 13.2 Å². The highest BCUT2D eigenvalue weighted by Crippen LogP contribution is 2.45. The lowest BCUT2D eigenvalue weighted by Crippen LogP contribution is -2.68. The van der Waals surface area contributed by atoms with Gasteiger partial charge in [-0.25, -0.2) is 0 Å². The van der Waals surface area contributed by atoms with Crippen molar-refractivity contribution in [2.45, 2.75) is 44.8 Å². The Morgan fingerprint density at radius 3 is 2.53 bits per heavy atom. The van der Waals surface area contributed by atoms with Gasteiger partial charge in [0.2, 0.25) is 0 Å². The molecule has 0 aromatic heterocycles. The van der Waals surface area contributed by atoms with Crippen molar-refractivity contribution in [1.82, 2.24) is 0 Å². The molecule has 1 saturated heterocycles. The average molecular weight is 286 g/mol. The number of halogens is 3. The summed E-state index contributed by atoms with van der Waals surface area (Å²) in [6.07, 6.45) is -3.96. The first-order valence-electron chi connectivity index (χ1n) is 5.81. The molecule has 0 spiro atoms. The lowest BCUT2D eigenvalue weighted by molar-refractivity contribution is -0.476. The Morgan fingerprint density at radius 2 is 2.00 bits per heavy atom. The first-order chi connectivity index (χ1) is 8.57. The molecule has 1 heterocycles. The highest BCUT2D eigenvalue weighted by Gasteiger charge is 2.70. The standard InChI is InChI=1S/C11H17F3O5/c1-4-7(2)8(15)17-5-9(3)10(12,16)11(13,14)19-6-18-9/h7,16H,4-6H2,1-3H3. The Balaban J connectivity index is 2.77. The number of esters is 1. The third kappa shape index (κ3) is 2.85. The third-order valence-corrected chi connectivity index (χ3v) is 3.21. The van der Waals surface area contributed by atoms with Crippen molar-refractivity contribution >= 4 is 5.97 Å². The fourth-order valence-electron chi connectivity index (χ4n) is 1.39. The van der Waals surface area contributed by atoms with Gasteiger partial charge in [-0.2, -0.15) is 13.2 Å². The van der Waals surface area contributed by atoms with Crippen LogP contribution in [0.1, 0.15) is 27.2 Å². The van der Waals surface area contributed by atoms with E-state index in [9.17, 15) is 23.1 Å². The zero-order valence-corrected chi connectivity index (χ0v) is 10.9. The van der Waals surface area contributed by atoms with Gasteiger partial charge in [-0.15, -0.1) is 0 Å². The Morgan fingerprint density at radius 1 is 1.42 bits per heavy atom. The number of carbonyl (C=O) groups excluding carboxylic acids is 1. The number of aliphatic hydroxyl groups is 1. The Labute approximate surface area is 108 Å². The van der Waals surface area contributed by atoms with E-state index in [0.29, 0.717) is 6.42 Å². The summed E-state index contributed by atoms with van der Waals surface area (Å²) < 4.78 is 53.2. The van der Waals surface area contributed by atoms with Gasteiger partial charge < -0.3 is 14.6 Å². The monoisotopic (exact) mass is 286 g/mol.